The predicted molar refractivity (Wildman–Crippen MR) is 68.6 cm³/mol. The van der Waals surface area contributed by atoms with Crippen molar-refractivity contribution >= 4 is 26.8 Å². The molecule has 0 unspecified atom stereocenters. The van der Waals surface area contributed by atoms with Gasteiger partial charge in [-0.05, 0) is 32.0 Å². The first-order valence-electron chi connectivity index (χ1n) is 5.41. The highest BCUT2D eigenvalue weighted by Gasteiger charge is 2.12. The van der Waals surface area contributed by atoms with Gasteiger partial charge >= 0.3 is 0 Å². The first kappa shape index (κ1) is 11.6. The Kier molecular flexibility index (Phi) is 3.30. The average molecular weight is 283 g/mol. The molecule has 0 saturated carbocycles. The van der Waals surface area contributed by atoms with E-state index in [4.69, 9.17) is 5.11 Å². The van der Waals surface area contributed by atoms with Crippen LogP contribution in [0.25, 0.3) is 10.9 Å². The minimum atomic E-state index is 0.153. The molecule has 0 saturated heterocycles. The van der Waals surface area contributed by atoms with Gasteiger partial charge < -0.3 is 5.11 Å². The first-order valence-corrected chi connectivity index (χ1v) is 6.20. The minimum absolute atomic E-state index is 0.153. The summed E-state index contributed by atoms with van der Waals surface area (Å²) in [6.45, 7) is 4.35. The van der Waals surface area contributed by atoms with Crippen LogP contribution in [0.2, 0.25) is 0 Å². The molecule has 1 heterocycles. The lowest BCUT2D eigenvalue weighted by Crippen LogP contribution is -2.08. The van der Waals surface area contributed by atoms with Crippen molar-refractivity contribution in [3.8, 4) is 0 Å². The minimum Gasteiger partial charge on any atom is -0.396 e. The molecular weight excluding hydrogens is 268 g/mol. The van der Waals surface area contributed by atoms with Crippen LogP contribution in [0.3, 0.4) is 0 Å². The maximum Gasteiger partial charge on any atom is 0.0927 e. The third kappa shape index (κ3) is 1.99. The van der Waals surface area contributed by atoms with Crippen LogP contribution in [0.15, 0.2) is 22.7 Å². The second-order valence-electron chi connectivity index (χ2n) is 4.12. The highest BCUT2D eigenvalue weighted by atomic mass is 79.9. The van der Waals surface area contributed by atoms with E-state index in [-0.39, 0.29) is 6.61 Å². The first-order chi connectivity index (χ1) is 7.63. The smallest absolute Gasteiger partial charge is 0.0927 e. The van der Waals surface area contributed by atoms with E-state index >= 15 is 0 Å². The van der Waals surface area contributed by atoms with E-state index in [1.165, 1.54) is 0 Å². The van der Waals surface area contributed by atoms with Gasteiger partial charge in [-0.15, -0.1) is 0 Å². The molecule has 86 valence electrons. The van der Waals surface area contributed by atoms with E-state index in [1.807, 2.05) is 16.8 Å². The monoisotopic (exact) mass is 282 g/mol. The van der Waals surface area contributed by atoms with Gasteiger partial charge in [-0.1, -0.05) is 15.9 Å². The van der Waals surface area contributed by atoms with Gasteiger partial charge in [0.05, 0.1) is 5.52 Å². The lowest BCUT2D eigenvalue weighted by Gasteiger charge is -2.09. The summed E-state index contributed by atoms with van der Waals surface area (Å²) >= 11 is 3.46. The number of benzene rings is 1. The lowest BCUT2D eigenvalue weighted by molar-refractivity contribution is 0.294. The number of nitrogens with zero attached hydrogens (tertiary/aromatic N) is 2. The molecule has 0 fully saturated rings. The van der Waals surface area contributed by atoms with E-state index in [0.717, 1.165) is 21.1 Å². The van der Waals surface area contributed by atoms with E-state index in [0.29, 0.717) is 12.5 Å². The van der Waals surface area contributed by atoms with Crippen molar-refractivity contribution in [2.24, 2.45) is 0 Å². The Morgan fingerprint density at radius 2 is 2.19 bits per heavy atom. The van der Waals surface area contributed by atoms with Crippen LogP contribution in [-0.4, -0.2) is 21.5 Å². The van der Waals surface area contributed by atoms with Crippen LogP contribution in [-0.2, 0) is 6.42 Å². The highest BCUT2D eigenvalue weighted by molar-refractivity contribution is 9.10. The molecule has 4 heteroatoms. The Morgan fingerprint density at radius 1 is 1.44 bits per heavy atom. The number of rotatable bonds is 3. The number of fused-ring (bicyclic) bond motifs is 1. The second kappa shape index (κ2) is 4.55. The van der Waals surface area contributed by atoms with Gasteiger partial charge in [0, 0.05) is 34.6 Å². The van der Waals surface area contributed by atoms with Crippen molar-refractivity contribution in [3.63, 3.8) is 0 Å². The summed E-state index contributed by atoms with van der Waals surface area (Å²) in [4.78, 5) is 0. The number of halogens is 1. The van der Waals surface area contributed by atoms with Crippen molar-refractivity contribution in [3.05, 3.63) is 28.4 Å². The van der Waals surface area contributed by atoms with E-state index in [2.05, 4.69) is 40.9 Å². The molecule has 0 atom stereocenters. The topological polar surface area (TPSA) is 38.0 Å². The van der Waals surface area contributed by atoms with Crippen LogP contribution in [0.1, 0.15) is 25.6 Å². The van der Waals surface area contributed by atoms with Crippen LogP contribution in [0, 0.1) is 0 Å². The molecule has 0 aliphatic rings. The Balaban J connectivity index is 2.67. The Hall–Kier alpha value is -0.870. The van der Waals surface area contributed by atoms with Gasteiger partial charge in [-0.2, -0.15) is 5.10 Å². The fourth-order valence-corrected chi connectivity index (χ4v) is 2.27. The molecule has 0 spiro atoms. The fraction of sp³-hybridized carbons (Fsp3) is 0.417. The molecule has 0 aliphatic heterocycles. The zero-order valence-corrected chi connectivity index (χ0v) is 11.0. The van der Waals surface area contributed by atoms with Crippen molar-refractivity contribution < 1.29 is 5.11 Å². The molecule has 1 aromatic heterocycles. The Morgan fingerprint density at radius 3 is 2.81 bits per heavy atom. The molecule has 0 amide bonds. The maximum absolute atomic E-state index is 9.12. The molecule has 3 nitrogen and oxygen atoms in total. The predicted octanol–water partition coefficient (Wildman–Crippen LogP) is 2.91. The maximum atomic E-state index is 9.12. The van der Waals surface area contributed by atoms with Crippen molar-refractivity contribution in [2.75, 3.05) is 6.61 Å². The summed E-state index contributed by atoms with van der Waals surface area (Å²) in [5.41, 5.74) is 2.09. The van der Waals surface area contributed by atoms with Gasteiger partial charge in [-0.3, -0.25) is 4.68 Å². The summed E-state index contributed by atoms with van der Waals surface area (Å²) in [6, 6.07) is 6.36. The summed E-state index contributed by atoms with van der Waals surface area (Å²) < 4.78 is 3.04. The van der Waals surface area contributed by atoms with Crippen molar-refractivity contribution in [2.45, 2.75) is 26.3 Å². The van der Waals surface area contributed by atoms with Crippen LogP contribution in [0.5, 0.6) is 0 Å². The summed E-state index contributed by atoms with van der Waals surface area (Å²) in [6.07, 6.45) is 0.644. The normalized spacial score (nSPS) is 11.6. The SMILES string of the molecule is CC(C)n1nc2ccc(Br)cc2c1CCO. The largest absolute Gasteiger partial charge is 0.396 e. The molecule has 1 N–H and O–H groups in total. The van der Waals surface area contributed by atoms with Crippen LogP contribution < -0.4 is 0 Å². The summed E-state index contributed by atoms with van der Waals surface area (Å²) in [7, 11) is 0. The second-order valence-corrected chi connectivity index (χ2v) is 5.04. The van der Waals surface area contributed by atoms with Crippen molar-refractivity contribution in [1.29, 1.82) is 0 Å². The van der Waals surface area contributed by atoms with Gasteiger partial charge in [-0.25, -0.2) is 0 Å². The Labute approximate surface area is 103 Å². The molecule has 1 aromatic carbocycles. The summed E-state index contributed by atoms with van der Waals surface area (Å²) in [5.74, 6) is 0. The number of aliphatic hydroxyl groups is 1. The molecule has 0 aliphatic carbocycles. The zero-order valence-electron chi connectivity index (χ0n) is 9.44. The van der Waals surface area contributed by atoms with E-state index in [1.54, 1.807) is 0 Å². The highest BCUT2D eigenvalue weighted by Crippen LogP contribution is 2.25. The van der Waals surface area contributed by atoms with Gasteiger partial charge in [0.2, 0.25) is 0 Å². The quantitative estimate of drug-likeness (QED) is 0.940. The Bertz CT molecular complexity index is 505. The lowest BCUT2D eigenvalue weighted by atomic mass is 10.1. The van der Waals surface area contributed by atoms with Crippen LogP contribution in [0.4, 0.5) is 0 Å². The molecule has 0 radical (unpaired) electrons. The van der Waals surface area contributed by atoms with Crippen LogP contribution >= 0.6 is 15.9 Å². The molecule has 0 bridgehead atoms. The van der Waals surface area contributed by atoms with Gasteiger partial charge in [0.15, 0.2) is 0 Å². The van der Waals surface area contributed by atoms with Gasteiger partial charge in [0.1, 0.15) is 0 Å². The fourth-order valence-electron chi connectivity index (χ4n) is 1.91. The number of hydrogen-bond donors (Lipinski definition) is 1. The van der Waals surface area contributed by atoms with E-state index in [9.17, 15) is 0 Å². The average Bonchev–Trinajstić information content (AvgIpc) is 2.58. The zero-order chi connectivity index (χ0) is 11.7. The van der Waals surface area contributed by atoms with Crippen molar-refractivity contribution in [1.82, 2.24) is 9.78 Å². The molecule has 16 heavy (non-hydrogen) atoms. The third-order valence-electron chi connectivity index (χ3n) is 2.60. The summed E-state index contributed by atoms with van der Waals surface area (Å²) in [5, 5.41) is 14.8. The number of aliphatic hydroxyl groups excluding tert-OH is 1. The number of aromatic nitrogens is 2. The molecular formula is C12H15BrN2O. The standard InChI is InChI=1S/C12H15BrN2O/c1-8(2)15-12(5-6-16)10-7-9(13)3-4-11(10)14-15/h3-4,7-8,16H,5-6H2,1-2H3. The van der Waals surface area contributed by atoms with Gasteiger partial charge in [0.25, 0.3) is 0 Å². The molecule has 2 aromatic rings. The number of hydrogen-bond acceptors (Lipinski definition) is 2. The third-order valence-corrected chi connectivity index (χ3v) is 3.09. The molecule has 2 rings (SSSR count). The van der Waals surface area contributed by atoms with E-state index < -0.39 is 0 Å².